The van der Waals surface area contributed by atoms with Gasteiger partial charge in [0.05, 0.1) is 5.69 Å². The molecule has 0 amide bonds. The zero-order valence-electron chi connectivity index (χ0n) is 41.2. The Hall–Kier alpha value is -5.06. The monoisotopic (exact) mass is 859 g/mol. The first-order chi connectivity index (χ1) is 29.9. The lowest BCUT2D eigenvalue weighted by atomic mass is 9.36. The zero-order valence-corrected chi connectivity index (χ0v) is 42.0. The van der Waals surface area contributed by atoms with Gasteiger partial charge in [-0.25, -0.2) is 0 Å². The van der Waals surface area contributed by atoms with E-state index in [1.165, 1.54) is 123 Å². The zero-order chi connectivity index (χ0) is 45.6. The first-order valence-electron chi connectivity index (χ1n) is 23.8. The molecule has 6 aromatic carbocycles. The number of fused-ring (bicyclic) bond motifs is 7. The lowest BCUT2D eigenvalue weighted by Crippen LogP contribution is -2.60. The van der Waals surface area contributed by atoms with Gasteiger partial charge in [0.25, 0.3) is 6.71 Å². The van der Waals surface area contributed by atoms with Crippen LogP contribution in [-0.2, 0) is 27.1 Å². The molecule has 0 spiro atoms. The van der Waals surface area contributed by atoms with Crippen molar-refractivity contribution in [3.63, 3.8) is 0 Å². The Morgan fingerprint density at radius 3 is 1.70 bits per heavy atom. The molecular formula is C60H67BN2S. The van der Waals surface area contributed by atoms with Gasteiger partial charge in [0.1, 0.15) is 0 Å². The molecule has 0 saturated carbocycles. The van der Waals surface area contributed by atoms with E-state index in [1.54, 1.807) is 0 Å². The molecule has 0 fully saturated rings. The van der Waals surface area contributed by atoms with E-state index < -0.39 is 0 Å². The van der Waals surface area contributed by atoms with Crippen molar-refractivity contribution in [2.75, 3.05) is 9.80 Å². The predicted molar refractivity (Wildman–Crippen MR) is 282 cm³/mol. The molecule has 1 aliphatic carbocycles. The largest absolute Gasteiger partial charge is 0.311 e. The summed E-state index contributed by atoms with van der Waals surface area (Å²) in [4.78, 5) is 5.32. The number of rotatable bonds is 3. The summed E-state index contributed by atoms with van der Waals surface area (Å²) >= 11 is 2.01. The second-order valence-corrected chi connectivity index (χ2v) is 25.0. The number of nitrogens with zero attached hydrogens (tertiary/aromatic N) is 2. The molecule has 3 aliphatic rings. The standard InChI is InChI=1S/C60H67BN2S/c1-36-17-16-18-37(2)52(36)38-31-49-53-50(32-38)63(43-25-26-45-46(35-43)60(14,15)30-29-59(45,12)13)54-44-33-40(57(6,7)8)22-28-51(44)64-55(54)61(53)47-34-41(58(9,10)11)21-27-48(47)62(49)42-23-19-39(20-24-42)56(3,4)5/h16-28,31-35H,29-30H2,1-15H3. The molecule has 2 aliphatic heterocycles. The Morgan fingerprint density at radius 2 is 1.08 bits per heavy atom. The van der Waals surface area contributed by atoms with Crippen LogP contribution in [0.3, 0.4) is 0 Å². The van der Waals surface area contributed by atoms with E-state index in [1.807, 2.05) is 11.3 Å². The predicted octanol–water partition coefficient (Wildman–Crippen LogP) is 15.5. The van der Waals surface area contributed by atoms with Gasteiger partial charge in [-0.3, -0.25) is 0 Å². The Kier molecular flexibility index (Phi) is 9.53. The highest BCUT2D eigenvalue weighted by atomic mass is 32.1. The van der Waals surface area contributed by atoms with Crippen molar-refractivity contribution < 1.29 is 0 Å². The van der Waals surface area contributed by atoms with E-state index in [9.17, 15) is 0 Å². The molecule has 0 saturated heterocycles. The molecule has 0 unspecified atom stereocenters. The van der Waals surface area contributed by atoms with Gasteiger partial charge in [-0.2, -0.15) is 0 Å². The van der Waals surface area contributed by atoms with Crippen LogP contribution in [-0.4, -0.2) is 6.71 Å². The average molecular weight is 859 g/mol. The number of anilines is 6. The summed E-state index contributed by atoms with van der Waals surface area (Å²) in [5, 5.41) is 1.35. The van der Waals surface area contributed by atoms with Crippen LogP contribution in [0.25, 0.3) is 21.2 Å². The van der Waals surface area contributed by atoms with Gasteiger partial charge in [-0.15, -0.1) is 11.3 Å². The van der Waals surface area contributed by atoms with Gasteiger partial charge in [0.15, 0.2) is 0 Å². The van der Waals surface area contributed by atoms with Crippen molar-refractivity contribution in [3.8, 4) is 11.1 Å². The third-order valence-corrected chi connectivity index (χ3v) is 16.5. The third kappa shape index (κ3) is 6.71. The highest BCUT2D eigenvalue weighted by molar-refractivity contribution is 7.33. The molecule has 0 atom stereocenters. The molecule has 0 bridgehead atoms. The summed E-state index contributed by atoms with van der Waals surface area (Å²) in [5.41, 5.74) is 22.8. The molecule has 7 aromatic rings. The normalized spacial score (nSPS) is 16.4. The van der Waals surface area contributed by atoms with Crippen molar-refractivity contribution >= 4 is 78.0 Å². The summed E-state index contributed by atoms with van der Waals surface area (Å²) in [6.07, 6.45) is 2.37. The third-order valence-electron chi connectivity index (χ3n) is 15.2. The maximum absolute atomic E-state index is 2.71. The van der Waals surface area contributed by atoms with Crippen LogP contribution in [0.4, 0.5) is 34.1 Å². The molecular weight excluding hydrogens is 792 g/mol. The Balaban J connectivity index is 1.37. The minimum Gasteiger partial charge on any atom is -0.311 e. The van der Waals surface area contributed by atoms with Crippen LogP contribution in [0, 0.1) is 13.8 Å². The Labute approximate surface area is 388 Å². The molecule has 326 valence electrons. The summed E-state index contributed by atoms with van der Waals surface area (Å²) < 4.78 is 2.78. The smallest absolute Gasteiger partial charge is 0.264 e. The van der Waals surface area contributed by atoms with E-state index in [2.05, 4.69) is 223 Å². The summed E-state index contributed by atoms with van der Waals surface area (Å²) in [5.74, 6) is 0. The quantitative estimate of drug-likeness (QED) is 0.163. The second kappa shape index (κ2) is 14.2. The van der Waals surface area contributed by atoms with E-state index in [0.717, 1.165) is 0 Å². The number of hydrogen-bond donors (Lipinski definition) is 0. The lowest BCUT2D eigenvalue weighted by molar-refractivity contribution is 0.332. The minimum absolute atomic E-state index is 0.00658. The highest BCUT2D eigenvalue weighted by Crippen LogP contribution is 2.53. The van der Waals surface area contributed by atoms with Crippen molar-refractivity contribution in [2.45, 2.75) is 144 Å². The Bertz CT molecular complexity index is 3010. The SMILES string of the molecule is Cc1cccc(C)c1-c1cc2c3c(c1)N(c1ccc4c(c1)C(C)(C)CCC4(C)C)c1c(sc4ccc(C(C)(C)C)cc14)B3c1cc(C(C)(C)C)ccc1N2c1ccc(C(C)(C)C)cc1. The van der Waals surface area contributed by atoms with E-state index in [4.69, 9.17) is 0 Å². The molecule has 0 N–H and O–H groups in total. The Morgan fingerprint density at radius 1 is 0.531 bits per heavy atom. The fraction of sp³-hybridized carbons (Fsp3) is 0.367. The van der Waals surface area contributed by atoms with Gasteiger partial charge in [-0.05, 0) is 169 Å². The molecule has 3 heterocycles. The first-order valence-corrected chi connectivity index (χ1v) is 24.6. The van der Waals surface area contributed by atoms with Crippen LogP contribution in [0.1, 0.15) is 142 Å². The van der Waals surface area contributed by atoms with Gasteiger partial charge in [-0.1, -0.05) is 145 Å². The summed E-state index contributed by atoms with van der Waals surface area (Å²) in [7, 11) is 0. The first kappa shape index (κ1) is 42.9. The number of benzene rings is 6. The fourth-order valence-corrected chi connectivity index (χ4v) is 12.5. The lowest BCUT2D eigenvalue weighted by Gasteiger charge is -2.45. The molecule has 0 radical (unpaired) electrons. The van der Waals surface area contributed by atoms with Crippen LogP contribution in [0.15, 0.2) is 109 Å². The van der Waals surface area contributed by atoms with E-state index in [-0.39, 0.29) is 33.8 Å². The molecule has 64 heavy (non-hydrogen) atoms. The van der Waals surface area contributed by atoms with Crippen molar-refractivity contribution in [2.24, 2.45) is 0 Å². The maximum atomic E-state index is 2.71. The maximum Gasteiger partial charge on any atom is 0.264 e. The van der Waals surface area contributed by atoms with Crippen LogP contribution in [0.2, 0.25) is 0 Å². The summed E-state index contributed by atoms with van der Waals surface area (Å²) in [6, 6.07) is 43.6. The van der Waals surface area contributed by atoms with Crippen molar-refractivity contribution in [1.82, 2.24) is 0 Å². The average Bonchev–Trinajstić information content (AvgIpc) is 3.60. The highest BCUT2D eigenvalue weighted by Gasteiger charge is 2.47. The van der Waals surface area contributed by atoms with Crippen molar-refractivity contribution in [1.29, 1.82) is 0 Å². The molecule has 10 rings (SSSR count). The van der Waals surface area contributed by atoms with Gasteiger partial charge < -0.3 is 9.80 Å². The topological polar surface area (TPSA) is 6.48 Å². The molecule has 1 aromatic heterocycles. The van der Waals surface area contributed by atoms with E-state index in [0.29, 0.717) is 0 Å². The van der Waals surface area contributed by atoms with Gasteiger partial charge >= 0.3 is 0 Å². The van der Waals surface area contributed by atoms with Crippen LogP contribution < -0.4 is 25.5 Å². The van der Waals surface area contributed by atoms with E-state index >= 15 is 0 Å². The molecule has 2 nitrogen and oxygen atoms in total. The second-order valence-electron chi connectivity index (χ2n) is 23.9. The number of aryl methyl sites for hydroxylation is 2. The van der Waals surface area contributed by atoms with Gasteiger partial charge in [0.2, 0.25) is 0 Å². The fourth-order valence-electron chi connectivity index (χ4n) is 11.2. The molecule has 4 heteroatoms. The summed E-state index contributed by atoms with van der Waals surface area (Å²) in [6.45, 7) is 35.5. The van der Waals surface area contributed by atoms with Crippen LogP contribution in [0.5, 0.6) is 0 Å². The van der Waals surface area contributed by atoms with Crippen molar-refractivity contribution in [3.05, 3.63) is 148 Å². The number of hydrogen-bond acceptors (Lipinski definition) is 3. The number of thiophene rings is 1. The van der Waals surface area contributed by atoms with Crippen LogP contribution >= 0.6 is 11.3 Å². The minimum atomic E-state index is -0.0153. The van der Waals surface area contributed by atoms with Gasteiger partial charge in [0, 0.05) is 43.3 Å².